The number of aliphatic hydroxyl groups excluding tert-OH is 1. The van der Waals surface area contributed by atoms with E-state index in [1.165, 1.54) is 30.3 Å². The molecule has 3 rings (SSSR count). The molecular weight excluding hydrogens is 354 g/mol. The van der Waals surface area contributed by atoms with Crippen LogP contribution in [0.25, 0.3) is 22.4 Å². The molecule has 0 aliphatic rings. The molecule has 1 heterocycles. The van der Waals surface area contributed by atoms with Gasteiger partial charge in [0.2, 0.25) is 10.0 Å². The maximum atomic E-state index is 14.1. The summed E-state index contributed by atoms with van der Waals surface area (Å²) in [5.74, 6) is -1.43. The van der Waals surface area contributed by atoms with Gasteiger partial charge in [0.1, 0.15) is 28.8 Å². The smallest absolute Gasteiger partial charge is 0.240 e. The van der Waals surface area contributed by atoms with Gasteiger partial charge in [-0.25, -0.2) is 22.3 Å². The van der Waals surface area contributed by atoms with Crippen LogP contribution in [0, 0.1) is 11.6 Å². The van der Waals surface area contributed by atoms with E-state index in [1.807, 2.05) is 0 Å². The average Bonchev–Trinajstić information content (AvgIpc) is 2.98. The average molecular weight is 366 g/mol. The minimum atomic E-state index is -4.21. The van der Waals surface area contributed by atoms with E-state index >= 15 is 0 Å². The van der Waals surface area contributed by atoms with Crippen molar-refractivity contribution in [3.05, 3.63) is 59.9 Å². The van der Waals surface area contributed by atoms with Crippen molar-refractivity contribution in [1.29, 1.82) is 0 Å². The fraction of sp³-hybridized carbons (Fsp3) is 0.0625. The van der Waals surface area contributed by atoms with Crippen LogP contribution >= 0.6 is 0 Å². The molecule has 9 heteroatoms. The quantitative estimate of drug-likeness (QED) is 0.738. The topological polar surface area (TPSA) is 106 Å². The van der Waals surface area contributed by atoms with Crippen LogP contribution in [0.1, 0.15) is 5.76 Å². The second-order valence-electron chi connectivity index (χ2n) is 5.18. The molecule has 130 valence electrons. The molecule has 0 atom stereocenters. The molecule has 0 radical (unpaired) electrons. The first-order valence-corrected chi connectivity index (χ1v) is 8.54. The maximum Gasteiger partial charge on any atom is 0.240 e. The Kier molecular flexibility index (Phi) is 4.38. The van der Waals surface area contributed by atoms with Gasteiger partial charge in [0.25, 0.3) is 0 Å². The van der Waals surface area contributed by atoms with Crippen LogP contribution in [0.5, 0.6) is 0 Å². The van der Waals surface area contributed by atoms with Crippen molar-refractivity contribution in [2.45, 2.75) is 11.5 Å². The Labute approximate surface area is 141 Å². The summed E-state index contributed by atoms with van der Waals surface area (Å²) in [5, 5.41) is 18.2. The SMILES string of the molecule is NS(=O)(=O)c1ccc(-c2c(-c3ccc(F)cc3)noc2CO)cc1F. The number of benzene rings is 2. The summed E-state index contributed by atoms with van der Waals surface area (Å²) >= 11 is 0. The number of nitrogens with two attached hydrogens (primary N) is 1. The van der Waals surface area contributed by atoms with Gasteiger partial charge in [-0.2, -0.15) is 0 Å². The molecule has 2 aromatic carbocycles. The highest BCUT2D eigenvalue weighted by Crippen LogP contribution is 2.35. The summed E-state index contributed by atoms with van der Waals surface area (Å²) in [6, 6.07) is 8.64. The highest BCUT2D eigenvalue weighted by atomic mass is 32.2. The van der Waals surface area contributed by atoms with Gasteiger partial charge in [0.05, 0.1) is 5.56 Å². The first-order chi connectivity index (χ1) is 11.8. The molecule has 0 unspecified atom stereocenters. The number of hydrogen-bond acceptors (Lipinski definition) is 5. The van der Waals surface area contributed by atoms with Crippen molar-refractivity contribution >= 4 is 10.0 Å². The highest BCUT2D eigenvalue weighted by Gasteiger charge is 2.22. The number of aromatic nitrogens is 1. The van der Waals surface area contributed by atoms with Gasteiger partial charge in [-0.1, -0.05) is 11.2 Å². The summed E-state index contributed by atoms with van der Waals surface area (Å²) in [7, 11) is -4.21. The van der Waals surface area contributed by atoms with E-state index in [2.05, 4.69) is 5.16 Å². The van der Waals surface area contributed by atoms with Gasteiger partial charge in [-0.15, -0.1) is 0 Å². The highest BCUT2D eigenvalue weighted by molar-refractivity contribution is 7.89. The monoisotopic (exact) mass is 366 g/mol. The van der Waals surface area contributed by atoms with Crippen LogP contribution in [0.3, 0.4) is 0 Å². The zero-order valence-corrected chi connectivity index (χ0v) is 13.4. The number of aliphatic hydroxyl groups is 1. The molecule has 25 heavy (non-hydrogen) atoms. The molecule has 0 spiro atoms. The summed E-state index contributed by atoms with van der Waals surface area (Å²) in [5.41, 5.74) is 1.24. The Bertz CT molecular complexity index is 1030. The minimum absolute atomic E-state index is 0.0575. The molecule has 0 saturated carbocycles. The van der Waals surface area contributed by atoms with Crippen LogP contribution < -0.4 is 5.14 Å². The molecule has 0 amide bonds. The van der Waals surface area contributed by atoms with Crippen molar-refractivity contribution in [2.24, 2.45) is 5.14 Å². The van der Waals surface area contributed by atoms with E-state index in [0.717, 1.165) is 12.1 Å². The lowest BCUT2D eigenvalue weighted by Crippen LogP contribution is -2.14. The third kappa shape index (κ3) is 3.29. The molecule has 1 aromatic heterocycles. The molecule has 0 aliphatic carbocycles. The number of halogens is 2. The first-order valence-electron chi connectivity index (χ1n) is 6.99. The van der Waals surface area contributed by atoms with E-state index < -0.39 is 33.2 Å². The molecule has 0 bridgehead atoms. The summed E-state index contributed by atoms with van der Waals surface area (Å²) in [6.45, 7) is -0.512. The van der Waals surface area contributed by atoms with Crippen LogP contribution in [-0.2, 0) is 16.6 Å². The molecular formula is C16H12F2N2O4S. The number of rotatable bonds is 4. The first kappa shape index (κ1) is 17.2. The van der Waals surface area contributed by atoms with Gasteiger partial charge < -0.3 is 9.63 Å². The second-order valence-corrected chi connectivity index (χ2v) is 6.71. The Morgan fingerprint density at radius 1 is 1.08 bits per heavy atom. The van der Waals surface area contributed by atoms with Crippen LogP contribution in [-0.4, -0.2) is 18.7 Å². The third-order valence-electron chi connectivity index (χ3n) is 3.55. The lowest BCUT2D eigenvalue weighted by molar-refractivity contribution is 0.230. The van der Waals surface area contributed by atoms with E-state index in [0.29, 0.717) is 5.56 Å². The zero-order chi connectivity index (χ0) is 18.2. The van der Waals surface area contributed by atoms with Crippen molar-refractivity contribution < 1.29 is 26.8 Å². The number of nitrogens with zero attached hydrogens (tertiary/aromatic N) is 1. The van der Waals surface area contributed by atoms with E-state index in [-0.39, 0.29) is 22.6 Å². The van der Waals surface area contributed by atoms with Crippen molar-refractivity contribution in [3.8, 4) is 22.4 Å². The Morgan fingerprint density at radius 3 is 2.28 bits per heavy atom. The third-order valence-corrected chi connectivity index (χ3v) is 4.50. The molecule has 0 fully saturated rings. The normalized spacial score (nSPS) is 11.7. The number of hydrogen-bond donors (Lipinski definition) is 2. The molecule has 3 aromatic rings. The summed E-state index contributed by atoms with van der Waals surface area (Å²) in [4.78, 5) is -0.651. The van der Waals surface area contributed by atoms with Gasteiger partial charge >= 0.3 is 0 Å². The standard InChI is InChI=1S/C16H12F2N2O4S/c17-11-4-1-9(2-5-11)16-15(13(8-21)24-20-16)10-3-6-14(12(18)7-10)25(19,22)23/h1-7,21H,8H2,(H2,19,22,23). The number of primary sulfonamides is 1. The van der Waals surface area contributed by atoms with Crippen molar-refractivity contribution in [1.82, 2.24) is 5.16 Å². The minimum Gasteiger partial charge on any atom is -0.388 e. The van der Waals surface area contributed by atoms with E-state index in [4.69, 9.17) is 9.66 Å². The van der Waals surface area contributed by atoms with Gasteiger partial charge in [0.15, 0.2) is 5.76 Å². The maximum absolute atomic E-state index is 14.1. The molecule has 6 nitrogen and oxygen atoms in total. The van der Waals surface area contributed by atoms with Crippen LogP contribution in [0.2, 0.25) is 0 Å². The molecule has 3 N–H and O–H groups in total. The van der Waals surface area contributed by atoms with Gasteiger partial charge in [0, 0.05) is 5.56 Å². The molecule has 0 saturated heterocycles. The predicted molar refractivity (Wildman–Crippen MR) is 84.6 cm³/mol. The number of sulfonamides is 1. The van der Waals surface area contributed by atoms with Gasteiger partial charge in [-0.3, -0.25) is 0 Å². The van der Waals surface area contributed by atoms with E-state index in [1.54, 1.807) is 0 Å². The van der Waals surface area contributed by atoms with Gasteiger partial charge in [-0.05, 0) is 42.0 Å². The lowest BCUT2D eigenvalue weighted by Gasteiger charge is -2.06. The summed E-state index contributed by atoms with van der Waals surface area (Å²) in [6.07, 6.45) is 0. The van der Waals surface area contributed by atoms with Crippen molar-refractivity contribution in [3.63, 3.8) is 0 Å². The van der Waals surface area contributed by atoms with Crippen LogP contribution in [0.4, 0.5) is 8.78 Å². The Morgan fingerprint density at radius 2 is 1.72 bits per heavy atom. The largest absolute Gasteiger partial charge is 0.388 e. The molecule has 0 aliphatic heterocycles. The second kappa shape index (κ2) is 6.36. The Hall–Kier alpha value is -2.62. The fourth-order valence-electron chi connectivity index (χ4n) is 2.42. The predicted octanol–water partition coefficient (Wildman–Crippen LogP) is 2.43. The van der Waals surface area contributed by atoms with Crippen molar-refractivity contribution in [2.75, 3.05) is 0 Å². The van der Waals surface area contributed by atoms with Crippen LogP contribution in [0.15, 0.2) is 51.9 Å². The van der Waals surface area contributed by atoms with E-state index in [9.17, 15) is 22.3 Å². The summed E-state index contributed by atoms with van der Waals surface area (Å²) < 4.78 is 55.0. The lowest BCUT2D eigenvalue weighted by atomic mass is 9.99. The zero-order valence-electron chi connectivity index (χ0n) is 12.6. The Balaban J connectivity index is 2.18. The fourth-order valence-corrected chi connectivity index (χ4v) is 3.01.